The summed E-state index contributed by atoms with van der Waals surface area (Å²) in [6, 6.07) is 9.71. The van der Waals surface area contributed by atoms with Crippen LogP contribution in [0.1, 0.15) is 16.8 Å². The number of esters is 1. The molecule has 1 N–H and O–H groups in total. The molecule has 8 heteroatoms. The van der Waals surface area contributed by atoms with Gasteiger partial charge in [-0.25, -0.2) is 4.79 Å². The molecule has 1 aliphatic heterocycles. The minimum atomic E-state index is -0.683. The van der Waals surface area contributed by atoms with Crippen molar-refractivity contribution in [1.29, 1.82) is 0 Å². The number of methoxy groups -OCH3 is 1. The van der Waals surface area contributed by atoms with Gasteiger partial charge in [-0.2, -0.15) is 0 Å². The first-order chi connectivity index (χ1) is 13.1. The van der Waals surface area contributed by atoms with Gasteiger partial charge in [0.1, 0.15) is 5.75 Å². The van der Waals surface area contributed by atoms with Crippen molar-refractivity contribution in [2.45, 2.75) is 6.42 Å². The van der Waals surface area contributed by atoms with Crippen molar-refractivity contribution in [3.63, 3.8) is 0 Å². The summed E-state index contributed by atoms with van der Waals surface area (Å²) in [4.78, 5) is 24.2. The second-order valence-corrected chi connectivity index (χ2v) is 6.10. The largest absolute Gasteiger partial charge is 0.497 e. The maximum Gasteiger partial charge on any atom is 0.338 e. The minimum Gasteiger partial charge on any atom is -0.497 e. The summed E-state index contributed by atoms with van der Waals surface area (Å²) in [5.41, 5.74) is 0.747. The zero-order chi connectivity index (χ0) is 19.2. The summed E-state index contributed by atoms with van der Waals surface area (Å²) < 4.78 is 21.2. The van der Waals surface area contributed by atoms with Crippen LogP contribution in [0.3, 0.4) is 0 Å². The highest BCUT2D eigenvalue weighted by atomic mass is 35.5. The molecule has 0 saturated heterocycles. The minimum absolute atomic E-state index is 0.182. The summed E-state index contributed by atoms with van der Waals surface area (Å²) in [5, 5.41) is 2.88. The third kappa shape index (κ3) is 4.83. The first-order valence-corrected chi connectivity index (χ1v) is 8.65. The van der Waals surface area contributed by atoms with E-state index in [1.54, 1.807) is 31.4 Å². The van der Waals surface area contributed by atoms with Crippen LogP contribution in [0, 0.1) is 0 Å². The number of hydrogen-bond acceptors (Lipinski definition) is 6. The molecule has 2 aromatic rings. The average Bonchev–Trinajstić information content (AvgIpc) is 2.92. The highest BCUT2D eigenvalue weighted by Crippen LogP contribution is 2.38. The zero-order valence-corrected chi connectivity index (χ0v) is 15.4. The molecule has 0 atom stereocenters. The number of fused-ring (bicyclic) bond motifs is 1. The summed E-state index contributed by atoms with van der Waals surface area (Å²) in [6.07, 6.45) is 0.719. The zero-order valence-electron chi connectivity index (χ0n) is 14.6. The molecule has 7 nitrogen and oxygen atoms in total. The number of carbonyl (C=O) groups excluding carboxylic acids is 2. The van der Waals surface area contributed by atoms with Crippen LogP contribution in [0.25, 0.3) is 0 Å². The molecule has 0 fully saturated rings. The number of rotatable bonds is 5. The van der Waals surface area contributed by atoms with Crippen LogP contribution in [0.2, 0.25) is 5.02 Å². The fourth-order valence-corrected chi connectivity index (χ4v) is 2.70. The number of benzene rings is 2. The molecule has 0 unspecified atom stereocenters. The van der Waals surface area contributed by atoms with Crippen molar-refractivity contribution in [3.05, 3.63) is 47.0 Å². The van der Waals surface area contributed by atoms with Gasteiger partial charge in [-0.15, -0.1) is 0 Å². The molecule has 0 bridgehead atoms. The monoisotopic (exact) mass is 391 g/mol. The van der Waals surface area contributed by atoms with E-state index in [1.165, 1.54) is 12.1 Å². The summed E-state index contributed by atoms with van der Waals surface area (Å²) in [6.45, 7) is 0.519. The molecule has 0 saturated carbocycles. The Bertz CT molecular complexity index is 837. The lowest BCUT2D eigenvalue weighted by Gasteiger charge is -2.11. The van der Waals surface area contributed by atoms with Crippen molar-refractivity contribution in [1.82, 2.24) is 0 Å². The molecular weight excluding hydrogens is 374 g/mol. The van der Waals surface area contributed by atoms with Crippen molar-refractivity contribution >= 4 is 29.2 Å². The lowest BCUT2D eigenvalue weighted by molar-refractivity contribution is -0.119. The van der Waals surface area contributed by atoms with Gasteiger partial charge in [-0.1, -0.05) is 11.6 Å². The first-order valence-electron chi connectivity index (χ1n) is 8.27. The van der Waals surface area contributed by atoms with E-state index in [1.807, 2.05) is 0 Å². The van der Waals surface area contributed by atoms with Gasteiger partial charge in [-0.05, 0) is 36.4 Å². The molecule has 0 aromatic heterocycles. The Balaban J connectivity index is 1.59. The highest BCUT2D eigenvalue weighted by molar-refractivity contribution is 6.32. The molecule has 3 rings (SSSR count). The normalized spacial score (nSPS) is 12.7. The van der Waals surface area contributed by atoms with Crippen molar-refractivity contribution in [3.8, 4) is 17.2 Å². The number of ether oxygens (including phenoxy) is 4. The molecule has 1 heterocycles. The van der Waals surface area contributed by atoms with Gasteiger partial charge in [0, 0.05) is 12.1 Å². The van der Waals surface area contributed by atoms with Gasteiger partial charge in [0.15, 0.2) is 18.1 Å². The second kappa shape index (κ2) is 8.64. The number of anilines is 1. The quantitative estimate of drug-likeness (QED) is 0.787. The number of nitrogens with one attached hydrogen (secondary N) is 1. The molecule has 0 aliphatic carbocycles. The molecule has 0 spiro atoms. The lowest BCUT2D eigenvalue weighted by Crippen LogP contribution is -2.21. The van der Waals surface area contributed by atoms with Crippen molar-refractivity contribution < 1.29 is 28.5 Å². The number of hydrogen-bond donors (Lipinski definition) is 1. The van der Waals surface area contributed by atoms with E-state index < -0.39 is 18.5 Å². The maximum absolute atomic E-state index is 12.2. The summed E-state index contributed by atoms with van der Waals surface area (Å²) >= 11 is 6.16. The number of amides is 1. The molecule has 1 amide bonds. The topological polar surface area (TPSA) is 83.1 Å². The predicted molar refractivity (Wildman–Crippen MR) is 99.0 cm³/mol. The van der Waals surface area contributed by atoms with E-state index in [-0.39, 0.29) is 10.6 Å². The van der Waals surface area contributed by atoms with E-state index in [9.17, 15) is 9.59 Å². The molecule has 2 aromatic carbocycles. The van der Waals surface area contributed by atoms with Crippen LogP contribution in [-0.4, -0.2) is 38.8 Å². The van der Waals surface area contributed by atoms with Crippen LogP contribution >= 0.6 is 11.6 Å². The number of halogens is 1. The van der Waals surface area contributed by atoms with Crippen molar-refractivity contribution in [2.24, 2.45) is 0 Å². The Labute approximate surface area is 161 Å². The van der Waals surface area contributed by atoms with E-state index in [0.717, 1.165) is 6.42 Å². The fraction of sp³-hybridized carbons (Fsp3) is 0.263. The Hall–Kier alpha value is -2.93. The van der Waals surface area contributed by atoms with E-state index >= 15 is 0 Å². The third-order valence-corrected chi connectivity index (χ3v) is 4.03. The van der Waals surface area contributed by atoms with Gasteiger partial charge in [0.2, 0.25) is 0 Å². The second-order valence-electron chi connectivity index (χ2n) is 5.69. The highest BCUT2D eigenvalue weighted by Gasteiger charge is 2.19. The average molecular weight is 392 g/mol. The van der Waals surface area contributed by atoms with Crippen LogP contribution in [-0.2, 0) is 9.53 Å². The van der Waals surface area contributed by atoms with Gasteiger partial charge in [0.25, 0.3) is 5.91 Å². The van der Waals surface area contributed by atoms with Crippen LogP contribution in [0.5, 0.6) is 17.2 Å². The van der Waals surface area contributed by atoms with E-state index in [2.05, 4.69) is 5.32 Å². The Morgan fingerprint density at radius 3 is 2.63 bits per heavy atom. The Kier molecular flexibility index (Phi) is 6.03. The van der Waals surface area contributed by atoms with Crippen molar-refractivity contribution in [2.75, 3.05) is 32.2 Å². The standard InChI is InChI=1S/C19H18ClNO6/c1-24-14-5-3-13(4-6-14)21-17(22)11-27-19(23)12-9-15(20)18-16(10-12)25-7-2-8-26-18/h3-6,9-10H,2,7-8,11H2,1H3,(H,21,22). The lowest BCUT2D eigenvalue weighted by atomic mass is 10.2. The summed E-state index contributed by atoms with van der Waals surface area (Å²) in [5.74, 6) is 0.315. The number of carbonyl (C=O) groups is 2. The first kappa shape index (κ1) is 18.8. The smallest absolute Gasteiger partial charge is 0.338 e. The molecule has 142 valence electrons. The van der Waals surface area contributed by atoms with Gasteiger partial charge in [-0.3, -0.25) is 4.79 Å². The van der Waals surface area contributed by atoms with Crippen LogP contribution in [0.15, 0.2) is 36.4 Å². The summed E-state index contributed by atoms with van der Waals surface area (Å²) in [7, 11) is 1.55. The SMILES string of the molecule is COc1ccc(NC(=O)COC(=O)c2cc(Cl)c3c(c2)OCCCO3)cc1. The molecular formula is C19H18ClNO6. The molecule has 0 radical (unpaired) electrons. The van der Waals surface area contributed by atoms with Gasteiger partial charge < -0.3 is 24.3 Å². The van der Waals surface area contributed by atoms with E-state index in [0.29, 0.717) is 36.1 Å². The predicted octanol–water partition coefficient (Wildman–Crippen LogP) is 3.31. The van der Waals surface area contributed by atoms with Gasteiger partial charge in [0.05, 0.1) is 30.9 Å². The van der Waals surface area contributed by atoms with Gasteiger partial charge >= 0.3 is 5.97 Å². The Morgan fingerprint density at radius 1 is 1.15 bits per heavy atom. The molecule has 1 aliphatic rings. The van der Waals surface area contributed by atoms with Crippen LogP contribution in [0.4, 0.5) is 5.69 Å². The fourth-order valence-electron chi connectivity index (χ4n) is 2.43. The van der Waals surface area contributed by atoms with Crippen LogP contribution < -0.4 is 19.5 Å². The Morgan fingerprint density at radius 2 is 1.89 bits per heavy atom. The third-order valence-electron chi connectivity index (χ3n) is 3.75. The van der Waals surface area contributed by atoms with E-state index in [4.69, 9.17) is 30.5 Å². The molecule has 27 heavy (non-hydrogen) atoms. The maximum atomic E-state index is 12.2.